The molecule has 2 N–H and O–H groups in total. The first-order valence-electron chi connectivity index (χ1n) is 5.71. The number of rotatable bonds is 3. The van der Waals surface area contributed by atoms with E-state index in [4.69, 9.17) is 4.74 Å². The Balaban J connectivity index is 1.68. The molecule has 84 valence electrons. The molecule has 1 atom stereocenters. The Bertz CT molecular complexity index is 474. The average molecular weight is 217 g/mol. The third-order valence-corrected chi connectivity index (χ3v) is 2.94. The van der Waals surface area contributed by atoms with Crippen molar-refractivity contribution < 1.29 is 4.74 Å². The fourth-order valence-corrected chi connectivity index (χ4v) is 2.05. The third kappa shape index (κ3) is 1.88. The number of ether oxygens (including phenoxy) is 1. The van der Waals surface area contributed by atoms with E-state index in [0.29, 0.717) is 6.10 Å². The Morgan fingerprint density at radius 2 is 2.44 bits per heavy atom. The van der Waals surface area contributed by atoms with Crippen LogP contribution in [0.5, 0.6) is 0 Å². The second-order valence-corrected chi connectivity index (χ2v) is 4.13. The lowest BCUT2D eigenvalue weighted by Gasteiger charge is -2.10. The molecule has 2 aromatic heterocycles. The number of aromatic nitrogens is 2. The predicted molar refractivity (Wildman–Crippen MR) is 63.6 cm³/mol. The molecule has 1 aliphatic heterocycles. The van der Waals surface area contributed by atoms with Crippen LogP contribution in [0, 0.1) is 0 Å². The molecule has 0 aromatic carbocycles. The van der Waals surface area contributed by atoms with Crippen LogP contribution in [-0.2, 0) is 4.74 Å². The van der Waals surface area contributed by atoms with E-state index >= 15 is 0 Å². The minimum atomic E-state index is 0.348. The van der Waals surface area contributed by atoms with Crippen LogP contribution in [-0.4, -0.2) is 29.2 Å². The first-order chi connectivity index (χ1) is 7.92. The van der Waals surface area contributed by atoms with Crippen LogP contribution in [0.4, 0.5) is 5.82 Å². The quantitative estimate of drug-likeness (QED) is 0.828. The highest BCUT2D eigenvalue weighted by molar-refractivity contribution is 5.77. The maximum atomic E-state index is 5.55. The van der Waals surface area contributed by atoms with Crippen LogP contribution in [0.1, 0.15) is 12.8 Å². The minimum Gasteiger partial charge on any atom is -0.376 e. The lowest BCUT2D eigenvalue weighted by molar-refractivity contribution is 0.120. The zero-order valence-corrected chi connectivity index (χ0v) is 9.07. The van der Waals surface area contributed by atoms with Gasteiger partial charge in [0.25, 0.3) is 0 Å². The summed E-state index contributed by atoms with van der Waals surface area (Å²) < 4.78 is 5.55. The van der Waals surface area contributed by atoms with Gasteiger partial charge in [-0.2, -0.15) is 0 Å². The van der Waals surface area contributed by atoms with Gasteiger partial charge in [0.1, 0.15) is 11.5 Å². The van der Waals surface area contributed by atoms with Gasteiger partial charge in [0.2, 0.25) is 0 Å². The summed E-state index contributed by atoms with van der Waals surface area (Å²) in [4.78, 5) is 7.58. The fraction of sp³-hybridized carbons (Fsp3) is 0.417. The van der Waals surface area contributed by atoms with Crippen LogP contribution < -0.4 is 5.32 Å². The zero-order valence-electron chi connectivity index (χ0n) is 9.07. The highest BCUT2D eigenvalue weighted by Crippen LogP contribution is 2.15. The summed E-state index contributed by atoms with van der Waals surface area (Å²) in [5.41, 5.74) is 0.928. The van der Waals surface area contributed by atoms with E-state index in [-0.39, 0.29) is 0 Å². The molecule has 4 heteroatoms. The first kappa shape index (κ1) is 9.66. The Hall–Kier alpha value is -1.55. The minimum absolute atomic E-state index is 0.348. The molecule has 0 saturated carbocycles. The van der Waals surface area contributed by atoms with Gasteiger partial charge >= 0.3 is 0 Å². The number of hydrogen-bond donors (Lipinski definition) is 2. The molecule has 1 fully saturated rings. The van der Waals surface area contributed by atoms with E-state index in [2.05, 4.69) is 21.4 Å². The smallest absolute Gasteiger partial charge is 0.139 e. The largest absolute Gasteiger partial charge is 0.376 e. The SMILES string of the molecule is c1cc2ccc(NCC3CCCO3)nc2[nH]1. The Morgan fingerprint density at radius 3 is 3.31 bits per heavy atom. The highest BCUT2D eigenvalue weighted by Gasteiger charge is 2.14. The monoisotopic (exact) mass is 217 g/mol. The van der Waals surface area contributed by atoms with Crippen molar-refractivity contribution in [1.29, 1.82) is 0 Å². The van der Waals surface area contributed by atoms with Crippen LogP contribution in [0.2, 0.25) is 0 Å². The number of fused-ring (bicyclic) bond motifs is 1. The third-order valence-electron chi connectivity index (χ3n) is 2.94. The van der Waals surface area contributed by atoms with E-state index in [9.17, 15) is 0 Å². The molecule has 1 aliphatic rings. The molecule has 2 aromatic rings. The normalized spacial score (nSPS) is 20.4. The highest BCUT2D eigenvalue weighted by atomic mass is 16.5. The number of pyridine rings is 1. The number of nitrogens with one attached hydrogen (secondary N) is 2. The zero-order chi connectivity index (χ0) is 10.8. The summed E-state index contributed by atoms with van der Waals surface area (Å²) in [6.45, 7) is 1.74. The van der Waals surface area contributed by atoms with Crippen molar-refractivity contribution in [2.24, 2.45) is 0 Å². The van der Waals surface area contributed by atoms with Crippen molar-refractivity contribution in [3.8, 4) is 0 Å². The maximum absolute atomic E-state index is 5.55. The molecule has 0 spiro atoms. The Kier molecular flexibility index (Phi) is 2.50. The van der Waals surface area contributed by atoms with E-state index in [1.54, 1.807) is 0 Å². The van der Waals surface area contributed by atoms with Gasteiger partial charge in [-0.25, -0.2) is 4.98 Å². The topological polar surface area (TPSA) is 49.9 Å². The summed E-state index contributed by atoms with van der Waals surface area (Å²) in [5.74, 6) is 0.908. The summed E-state index contributed by atoms with van der Waals surface area (Å²) in [7, 11) is 0. The molecular formula is C12H15N3O. The summed E-state index contributed by atoms with van der Waals surface area (Å²) in [6, 6.07) is 6.09. The van der Waals surface area contributed by atoms with Gasteiger partial charge in [0.15, 0.2) is 0 Å². The Morgan fingerprint density at radius 1 is 1.44 bits per heavy atom. The molecular weight excluding hydrogens is 202 g/mol. The van der Waals surface area contributed by atoms with Crippen molar-refractivity contribution in [1.82, 2.24) is 9.97 Å². The van der Waals surface area contributed by atoms with Gasteiger partial charge in [-0.15, -0.1) is 0 Å². The molecule has 0 aliphatic carbocycles. The molecule has 1 unspecified atom stereocenters. The molecule has 3 rings (SSSR count). The predicted octanol–water partition coefficient (Wildman–Crippen LogP) is 2.15. The molecule has 0 bridgehead atoms. The standard InChI is InChI=1S/C12H15N3O/c1-2-10(16-7-1)8-14-11-4-3-9-5-6-13-12(9)15-11/h3-6,10H,1-2,7-8H2,(H2,13,14,15). The van der Waals surface area contributed by atoms with Crippen molar-refractivity contribution in [3.05, 3.63) is 24.4 Å². The molecule has 1 saturated heterocycles. The van der Waals surface area contributed by atoms with Crippen LogP contribution >= 0.6 is 0 Å². The van der Waals surface area contributed by atoms with Crippen LogP contribution in [0.15, 0.2) is 24.4 Å². The van der Waals surface area contributed by atoms with Crippen molar-refractivity contribution in [2.75, 3.05) is 18.5 Å². The van der Waals surface area contributed by atoms with Crippen molar-refractivity contribution >= 4 is 16.9 Å². The number of H-pyrrole nitrogens is 1. The first-order valence-corrected chi connectivity index (χ1v) is 5.71. The van der Waals surface area contributed by atoms with Gasteiger partial charge < -0.3 is 15.0 Å². The number of anilines is 1. The summed E-state index contributed by atoms with van der Waals surface area (Å²) >= 11 is 0. The maximum Gasteiger partial charge on any atom is 0.139 e. The van der Waals surface area contributed by atoms with Gasteiger partial charge in [0, 0.05) is 24.7 Å². The van der Waals surface area contributed by atoms with Crippen LogP contribution in [0.3, 0.4) is 0 Å². The average Bonchev–Trinajstić information content (AvgIpc) is 2.97. The molecule has 0 amide bonds. The van der Waals surface area contributed by atoms with E-state index < -0.39 is 0 Å². The summed E-state index contributed by atoms with van der Waals surface area (Å²) in [5, 5.41) is 4.45. The van der Waals surface area contributed by atoms with E-state index in [1.165, 1.54) is 6.42 Å². The van der Waals surface area contributed by atoms with Crippen LogP contribution in [0.25, 0.3) is 11.0 Å². The second kappa shape index (κ2) is 4.14. The molecule has 4 nitrogen and oxygen atoms in total. The number of nitrogens with zero attached hydrogens (tertiary/aromatic N) is 1. The van der Waals surface area contributed by atoms with Gasteiger partial charge in [-0.05, 0) is 31.0 Å². The van der Waals surface area contributed by atoms with Gasteiger partial charge in [0.05, 0.1) is 6.10 Å². The van der Waals surface area contributed by atoms with E-state index in [1.807, 2.05) is 18.3 Å². The lowest BCUT2D eigenvalue weighted by Crippen LogP contribution is -2.18. The number of hydrogen-bond acceptors (Lipinski definition) is 3. The molecule has 16 heavy (non-hydrogen) atoms. The van der Waals surface area contributed by atoms with Gasteiger partial charge in [-0.3, -0.25) is 0 Å². The van der Waals surface area contributed by atoms with E-state index in [0.717, 1.165) is 36.4 Å². The summed E-state index contributed by atoms with van der Waals surface area (Å²) in [6.07, 6.45) is 4.58. The van der Waals surface area contributed by atoms with Crippen molar-refractivity contribution in [2.45, 2.75) is 18.9 Å². The Labute approximate surface area is 94.0 Å². The van der Waals surface area contributed by atoms with Crippen molar-refractivity contribution in [3.63, 3.8) is 0 Å². The molecule has 0 radical (unpaired) electrons. The van der Waals surface area contributed by atoms with Gasteiger partial charge in [-0.1, -0.05) is 0 Å². The lowest BCUT2D eigenvalue weighted by atomic mass is 10.2. The number of aromatic amines is 1. The fourth-order valence-electron chi connectivity index (χ4n) is 2.05. The second-order valence-electron chi connectivity index (χ2n) is 4.13. The molecule has 3 heterocycles.